The van der Waals surface area contributed by atoms with Gasteiger partial charge in [0.15, 0.2) is 0 Å². The Morgan fingerprint density at radius 1 is 0.647 bits per heavy atom. The lowest BCUT2D eigenvalue weighted by Gasteiger charge is -2.18. The average Bonchev–Trinajstić information content (AvgIpc) is 2.80. The molecular weight excluding hydrogens is 463 g/mol. The molecule has 6 heteroatoms. The van der Waals surface area contributed by atoms with E-state index in [1.807, 2.05) is 11.8 Å². The monoisotopic (exact) mass is 522 g/mol. The predicted octanol–water partition coefficient (Wildman–Crippen LogP) is 9.51. The largest absolute Gasteiger partial charge is 0.377 e. The summed E-state index contributed by atoms with van der Waals surface area (Å²) in [5.41, 5.74) is 0. The van der Waals surface area contributed by atoms with Crippen LogP contribution in [-0.2, 0) is 9.30 Å². The van der Waals surface area contributed by atoms with E-state index in [0.29, 0.717) is 6.42 Å². The molecule has 0 amide bonds. The molecule has 0 aromatic rings. The Morgan fingerprint density at radius 2 is 1.06 bits per heavy atom. The van der Waals surface area contributed by atoms with Gasteiger partial charge in [-0.05, 0) is 25.0 Å². The molecule has 0 aromatic carbocycles. The summed E-state index contributed by atoms with van der Waals surface area (Å²) in [5, 5.41) is 0. The van der Waals surface area contributed by atoms with Crippen molar-refractivity contribution < 1.29 is 19.1 Å². The van der Waals surface area contributed by atoms with Crippen LogP contribution in [-0.4, -0.2) is 40.2 Å². The smallest absolute Gasteiger partial charge is 0.325 e. The van der Waals surface area contributed by atoms with Gasteiger partial charge < -0.3 is 14.5 Å². The highest BCUT2D eigenvalue weighted by atomic mass is 32.2. The minimum absolute atomic E-state index is 0.0284. The van der Waals surface area contributed by atoms with E-state index in [9.17, 15) is 14.4 Å². The third-order valence-corrected chi connectivity index (χ3v) is 8.57. The van der Waals surface area contributed by atoms with Crippen LogP contribution in [0.25, 0.3) is 0 Å². The van der Waals surface area contributed by atoms with Gasteiger partial charge in [0.25, 0.3) is 0 Å². The van der Waals surface area contributed by atoms with Crippen LogP contribution in [0.3, 0.4) is 0 Å². The van der Waals surface area contributed by atoms with Crippen molar-refractivity contribution in [2.45, 2.75) is 155 Å². The van der Waals surface area contributed by atoms with Gasteiger partial charge in [0.05, 0.1) is 12.3 Å². The van der Waals surface area contributed by atoms with E-state index in [-0.39, 0.29) is 12.3 Å². The Hall–Kier alpha value is 0.460. The van der Waals surface area contributed by atoms with Crippen molar-refractivity contribution in [2.24, 2.45) is 0 Å². The lowest BCUT2D eigenvalue weighted by Crippen LogP contribution is -2.19. The van der Waals surface area contributed by atoms with Gasteiger partial charge in [0.1, 0.15) is 0 Å². The Balaban J connectivity index is 3.73. The second-order valence-electron chi connectivity index (χ2n) is 10.1. The van der Waals surface area contributed by atoms with Crippen LogP contribution in [0.5, 0.6) is 0 Å². The summed E-state index contributed by atoms with van der Waals surface area (Å²) in [4.78, 5) is 18.5. The third kappa shape index (κ3) is 28.7. The summed E-state index contributed by atoms with van der Waals surface area (Å²) in [6.07, 6.45) is 26.9. The molecule has 4 nitrogen and oxygen atoms in total. The molecule has 0 bridgehead atoms. The molecule has 206 valence electrons. The zero-order valence-corrected chi connectivity index (χ0v) is 24.5. The molecule has 0 spiro atoms. The summed E-state index contributed by atoms with van der Waals surface area (Å²) in [7, 11) is -3.95. The van der Waals surface area contributed by atoms with E-state index in [2.05, 4.69) is 13.8 Å². The highest BCUT2D eigenvalue weighted by Gasteiger charge is 2.18. The van der Waals surface area contributed by atoms with Gasteiger partial charge in [-0.25, -0.2) is 0 Å². The van der Waals surface area contributed by atoms with Crippen molar-refractivity contribution in [3.8, 4) is 0 Å². The number of hydrogen-bond acceptors (Lipinski definition) is 3. The van der Waals surface area contributed by atoms with E-state index >= 15 is 0 Å². The Labute approximate surface area is 217 Å². The number of rotatable bonds is 28. The average molecular weight is 523 g/mol. The molecule has 1 unspecified atom stereocenters. The minimum Gasteiger partial charge on any atom is -0.377 e. The summed E-state index contributed by atoms with van der Waals surface area (Å²) < 4.78 is 17.3. The van der Waals surface area contributed by atoms with Gasteiger partial charge in [0, 0.05) is 12.4 Å². The van der Waals surface area contributed by atoms with E-state index < -0.39 is 7.60 Å². The Morgan fingerprint density at radius 3 is 1.50 bits per heavy atom. The maximum atomic E-state index is 11.3. The van der Waals surface area contributed by atoms with Gasteiger partial charge >= 0.3 is 7.60 Å². The molecule has 2 N–H and O–H groups in total. The highest BCUT2D eigenvalue weighted by Crippen LogP contribution is 2.36. The van der Waals surface area contributed by atoms with Gasteiger partial charge in [-0.2, -0.15) is 11.8 Å². The van der Waals surface area contributed by atoms with E-state index in [1.165, 1.54) is 122 Å². The minimum atomic E-state index is -3.95. The lowest BCUT2D eigenvalue weighted by atomic mass is 10.1. The standard InChI is InChI=1S/C28H59O4PS/c1-3-5-7-9-11-13-15-17-19-21-24-32-28(23-25-33(29,30)31)27-34-26-22-20-18-16-14-12-10-8-6-4-2/h28H,3-27H2,1-2H3,(H2,29,30,31). The first kappa shape index (κ1) is 34.5. The molecule has 0 aromatic heterocycles. The van der Waals surface area contributed by atoms with Crippen molar-refractivity contribution >= 4 is 19.4 Å². The first-order chi connectivity index (χ1) is 16.5. The van der Waals surface area contributed by atoms with E-state index in [0.717, 1.165) is 24.5 Å². The maximum absolute atomic E-state index is 11.3. The van der Waals surface area contributed by atoms with Gasteiger partial charge in [-0.3, -0.25) is 4.57 Å². The van der Waals surface area contributed by atoms with Crippen molar-refractivity contribution in [1.82, 2.24) is 0 Å². The molecule has 0 rings (SSSR count). The number of hydrogen-bond donors (Lipinski definition) is 2. The fraction of sp³-hybridized carbons (Fsp3) is 1.00. The molecule has 0 heterocycles. The van der Waals surface area contributed by atoms with Crippen molar-refractivity contribution in [3.63, 3.8) is 0 Å². The molecule has 0 aliphatic rings. The molecule has 0 saturated carbocycles. The number of ether oxygens (including phenoxy) is 1. The zero-order valence-electron chi connectivity index (χ0n) is 22.8. The van der Waals surface area contributed by atoms with Crippen LogP contribution in [0, 0.1) is 0 Å². The van der Waals surface area contributed by atoms with Crippen LogP contribution in [0.1, 0.15) is 149 Å². The molecule has 0 radical (unpaired) electrons. The van der Waals surface area contributed by atoms with Crippen LogP contribution in [0.15, 0.2) is 0 Å². The first-order valence-corrected chi connectivity index (χ1v) is 17.7. The number of thioether (sulfide) groups is 1. The second kappa shape index (κ2) is 26.5. The topological polar surface area (TPSA) is 66.8 Å². The lowest BCUT2D eigenvalue weighted by molar-refractivity contribution is 0.0635. The van der Waals surface area contributed by atoms with Crippen molar-refractivity contribution in [1.29, 1.82) is 0 Å². The molecule has 0 aliphatic heterocycles. The Kier molecular flexibility index (Phi) is 26.9. The molecule has 34 heavy (non-hydrogen) atoms. The summed E-state index contributed by atoms with van der Waals surface area (Å²) in [6, 6.07) is 0. The molecule has 0 fully saturated rings. The van der Waals surface area contributed by atoms with Gasteiger partial charge in [0.2, 0.25) is 0 Å². The van der Waals surface area contributed by atoms with Crippen LogP contribution in [0.2, 0.25) is 0 Å². The third-order valence-electron chi connectivity index (χ3n) is 6.54. The number of unbranched alkanes of at least 4 members (excludes halogenated alkanes) is 18. The molecular formula is C28H59O4PS. The van der Waals surface area contributed by atoms with E-state index in [1.54, 1.807) is 0 Å². The summed E-state index contributed by atoms with van der Waals surface area (Å²) in [6.45, 7) is 5.25. The summed E-state index contributed by atoms with van der Waals surface area (Å²) in [5.74, 6) is 1.99. The van der Waals surface area contributed by atoms with Crippen LogP contribution in [0.4, 0.5) is 0 Å². The fourth-order valence-electron chi connectivity index (χ4n) is 4.27. The highest BCUT2D eigenvalue weighted by molar-refractivity contribution is 7.99. The fourth-order valence-corrected chi connectivity index (χ4v) is 6.00. The first-order valence-electron chi connectivity index (χ1n) is 14.7. The van der Waals surface area contributed by atoms with E-state index in [4.69, 9.17) is 4.74 Å². The normalized spacial score (nSPS) is 12.9. The summed E-state index contributed by atoms with van der Waals surface area (Å²) >= 11 is 1.89. The zero-order chi connectivity index (χ0) is 25.2. The van der Waals surface area contributed by atoms with Gasteiger partial charge in [-0.15, -0.1) is 0 Å². The quantitative estimate of drug-likeness (QED) is 0.0791. The van der Waals surface area contributed by atoms with Crippen LogP contribution >= 0.6 is 19.4 Å². The van der Waals surface area contributed by atoms with Crippen molar-refractivity contribution in [2.75, 3.05) is 24.3 Å². The predicted molar refractivity (Wildman–Crippen MR) is 152 cm³/mol. The van der Waals surface area contributed by atoms with Crippen LogP contribution < -0.4 is 0 Å². The Bertz CT molecular complexity index is 444. The molecule has 0 aliphatic carbocycles. The maximum Gasteiger partial charge on any atom is 0.325 e. The van der Waals surface area contributed by atoms with Gasteiger partial charge in [-0.1, -0.05) is 129 Å². The van der Waals surface area contributed by atoms with Crippen molar-refractivity contribution in [3.05, 3.63) is 0 Å². The SMILES string of the molecule is CCCCCCCCCCCCOC(CCP(=O)(O)O)CSCCCCCCCCCCCC. The second-order valence-corrected chi connectivity index (χ2v) is 13.0. The molecule has 0 saturated heterocycles. The molecule has 1 atom stereocenters.